The highest BCUT2D eigenvalue weighted by molar-refractivity contribution is 5.82. The number of likely N-dealkylation sites (tertiary alicyclic amines) is 1. The molecule has 1 N–H and O–H groups in total. The minimum Gasteiger partial charge on any atom is -0.480 e. The number of nitrogens with zero attached hydrogens (tertiary/aromatic N) is 3. The fourth-order valence-corrected chi connectivity index (χ4v) is 4.96. The first-order valence-electron chi connectivity index (χ1n) is 12.1. The van der Waals surface area contributed by atoms with Crippen molar-refractivity contribution < 1.29 is 19.1 Å². The summed E-state index contributed by atoms with van der Waals surface area (Å²) in [5.74, 6) is 0.203. The van der Waals surface area contributed by atoms with Gasteiger partial charge < -0.3 is 14.3 Å². The number of carboxylic acids is 1. The Morgan fingerprint density at radius 1 is 1.17 bits per heavy atom. The van der Waals surface area contributed by atoms with Gasteiger partial charge in [-0.2, -0.15) is 5.26 Å². The second-order valence-corrected chi connectivity index (χ2v) is 9.06. The van der Waals surface area contributed by atoms with Crippen molar-refractivity contribution in [2.75, 3.05) is 13.2 Å². The number of piperidine rings is 1. The lowest BCUT2D eigenvalue weighted by atomic mass is 9.96. The van der Waals surface area contributed by atoms with Gasteiger partial charge in [0.15, 0.2) is 12.2 Å². The molecule has 1 aromatic heterocycles. The van der Waals surface area contributed by atoms with Gasteiger partial charge in [0.05, 0.1) is 0 Å². The van der Waals surface area contributed by atoms with Gasteiger partial charge in [0.25, 0.3) is 0 Å². The van der Waals surface area contributed by atoms with Crippen LogP contribution in [0.4, 0.5) is 0 Å². The van der Waals surface area contributed by atoms with Crippen LogP contribution in [-0.4, -0.2) is 40.2 Å². The van der Waals surface area contributed by atoms with Gasteiger partial charge in [-0.3, -0.25) is 9.69 Å². The van der Waals surface area contributed by atoms with Crippen molar-refractivity contribution in [3.05, 3.63) is 71.8 Å². The molecule has 0 amide bonds. The van der Waals surface area contributed by atoms with E-state index in [1.165, 1.54) is 0 Å². The number of fused-ring (bicyclic) bond motifs is 1. The second-order valence-electron chi connectivity index (χ2n) is 9.06. The Balaban J connectivity index is 1.54. The number of nitriles is 1. The molecule has 0 spiro atoms. The fraction of sp³-hybridized carbons (Fsp3) is 0.276. The fourth-order valence-electron chi connectivity index (χ4n) is 4.96. The van der Waals surface area contributed by atoms with Crippen LogP contribution in [0.15, 0.2) is 65.1 Å². The Hall–Kier alpha value is -4.15. The minimum absolute atomic E-state index is 0.111. The molecular weight excluding hydrogens is 454 g/mol. The molecule has 0 radical (unpaired) electrons. The van der Waals surface area contributed by atoms with Crippen molar-refractivity contribution in [2.24, 2.45) is 0 Å². The summed E-state index contributed by atoms with van der Waals surface area (Å²) in [6, 6.07) is 21.4. The van der Waals surface area contributed by atoms with Crippen LogP contribution in [0.5, 0.6) is 5.75 Å². The number of benzene rings is 3. The summed E-state index contributed by atoms with van der Waals surface area (Å²) in [5, 5.41) is 18.8. The predicted octanol–water partition coefficient (Wildman–Crippen LogP) is 5.81. The largest absolute Gasteiger partial charge is 0.480 e. The van der Waals surface area contributed by atoms with E-state index < -0.39 is 12.0 Å². The maximum absolute atomic E-state index is 11.8. The van der Waals surface area contributed by atoms with Gasteiger partial charge >= 0.3 is 5.97 Å². The molecule has 5 rings (SSSR count). The normalized spacial score (nSPS) is 16.1. The van der Waals surface area contributed by atoms with E-state index in [4.69, 9.17) is 19.4 Å². The molecule has 1 atom stereocenters. The average Bonchev–Trinajstić information content (AvgIpc) is 3.30. The monoisotopic (exact) mass is 481 g/mol. The number of rotatable bonds is 7. The molecule has 7 nitrogen and oxygen atoms in total. The average molecular weight is 482 g/mol. The standard InChI is InChI=1S/C29H27N3O4/c1-19-22(20-8-3-2-4-9-20)10-7-11-23(19)28-31-24-16-21(26(35-15-13-30)17-27(24)36-28)18-32-14-6-5-12-25(32)29(33)34/h2-4,7-11,16-17,25H,5-6,12,14-15,18H2,1H3,(H,33,34). The van der Waals surface area contributed by atoms with Gasteiger partial charge in [-0.15, -0.1) is 0 Å². The number of hydrogen-bond acceptors (Lipinski definition) is 6. The molecule has 1 saturated heterocycles. The Bertz CT molecular complexity index is 1440. The van der Waals surface area contributed by atoms with Crippen LogP contribution in [0.25, 0.3) is 33.7 Å². The first-order chi connectivity index (χ1) is 17.5. The van der Waals surface area contributed by atoms with Crippen molar-refractivity contribution >= 4 is 17.1 Å². The van der Waals surface area contributed by atoms with Gasteiger partial charge in [-0.25, -0.2) is 4.98 Å². The van der Waals surface area contributed by atoms with Crippen LogP contribution < -0.4 is 4.74 Å². The molecule has 1 unspecified atom stereocenters. The van der Waals surface area contributed by atoms with Crippen LogP contribution in [-0.2, 0) is 11.3 Å². The van der Waals surface area contributed by atoms with Gasteiger partial charge in [-0.05, 0) is 55.1 Å². The zero-order valence-electron chi connectivity index (χ0n) is 20.1. The van der Waals surface area contributed by atoms with Crippen molar-refractivity contribution in [2.45, 2.75) is 38.8 Å². The van der Waals surface area contributed by atoms with E-state index in [9.17, 15) is 9.90 Å². The molecule has 0 saturated carbocycles. The van der Waals surface area contributed by atoms with Crippen LogP contribution in [0.3, 0.4) is 0 Å². The second kappa shape index (κ2) is 10.2. The summed E-state index contributed by atoms with van der Waals surface area (Å²) in [7, 11) is 0. The van der Waals surface area contributed by atoms with Crippen LogP contribution >= 0.6 is 0 Å². The molecule has 7 heteroatoms. The van der Waals surface area contributed by atoms with Crippen molar-refractivity contribution in [1.82, 2.24) is 9.88 Å². The predicted molar refractivity (Wildman–Crippen MR) is 136 cm³/mol. The third-order valence-corrected chi connectivity index (χ3v) is 6.78. The third-order valence-electron chi connectivity index (χ3n) is 6.78. The number of ether oxygens (including phenoxy) is 1. The van der Waals surface area contributed by atoms with Crippen molar-refractivity contribution in [3.8, 4) is 34.4 Å². The van der Waals surface area contributed by atoms with Crippen molar-refractivity contribution in [1.29, 1.82) is 5.26 Å². The molecule has 2 heterocycles. The van der Waals surface area contributed by atoms with Gasteiger partial charge in [0, 0.05) is 23.7 Å². The molecule has 1 aliphatic heterocycles. The van der Waals surface area contributed by atoms with Crippen LogP contribution in [0.1, 0.15) is 30.4 Å². The number of aromatic nitrogens is 1. The van der Waals surface area contributed by atoms with E-state index in [2.05, 4.69) is 25.1 Å². The zero-order chi connectivity index (χ0) is 25.1. The van der Waals surface area contributed by atoms with Crippen LogP contribution in [0, 0.1) is 18.3 Å². The molecule has 1 fully saturated rings. The van der Waals surface area contributed by atoms with Gasteiger partial charge in [-0.1, -0.05) is 48.9 Å². The summed E-state index contributed by atoms with van der Waals surface area (Å²) >= 11 is 0. The first kappa shape index (κ1) is 23.6. The van der Waals surface area contributed by atoms with E-state index in [-0.39, 0.29) is 6.61 Å². The highest BCUT2D eigenvalue weighted by atomic mass is 16.5. The Kier molecular flexibility index (Phi) is 6.70. The molecule has 4 aromatic rings. The van der Waals surface area contributed by atoms with Gasteiger partial charge in [0.1, 0.15) is 23.4 Å². The molecule has 1 aliphatic rings. The Morgan fingerprint density at radius 2 is 1.97 bits per heavy atom. The molecule has 36 heavy (non-hydrogen) atoms. The molecule has 0 aliphatic carbocycles. The maximum atomic E-state index is 11.8. The lowest BCUT2D eigenvalue weighted by Crippen LogP contribution is -2.44. The van der Waals surface area contributed by atoms with E-state index in [1.54, 1.807) is 6.07 Å². The molecule has 3 aromatic carbocycles. The SMILES string of the molecule is Cc1c(-c2ccccc2)cccc1-c1nc2cc(CN3CCCCC3C(=O)O)c(OCC#N)cc2o1. The Labute approximate surface area is 209 Å². The smallest absolute Gasteiger partial charge is 0.320 e. The summed E-state index contributed by atoms with van der Waals surface area (Å²) in [4.78, 5) is 18.5. The number of carbonyl (C=O) groups is 1. The van der Waals surface area contributed by atoms with Gasteiger partial charge in [0.2, 0.25) is 5.89 Å². The molecule has 0 bridgehead atoms. The summed E-state index contributed by atoms with van der Waals surface area (Å²) in [5.41, 5.74) is 6.21. The lowest BCUT2D eigenvalue weighted by Gasteiger charge is -2.33. The summed E-state index contributed by atoms with van der Waals surface area (Å²) in [6.07, 6.45) is 2.47. The maximum Gasteiger partial charge on any atom is 0.320 e. The topological polar surface area (TPSA) is 99.6 Å². The summed E-state index contributed by atoms with van der Waals surface area (Å²) in [6.45, 7) is 3.04. The highest BCUT2D eigenvalue weighted by Gasteiger charge is 2.29. The van der Waals surface area contributed by atoms with E-state index >= 15 is 0 Å². The molecular formula is C29H27N3O4. The highest BCUT2D eigenvalue weighted by Crippen LogP contribution is 2.35. The van der Waals surface area contributed by atoms with E-state index in [1.807, 2.05) is 47.4 Å². The van der Waals surface area contributed by atoms with Crippen molar-refractivity contribution in [3.63, 3.8) is 0 Å². The number of hydrogen-bond donors (Lipinski definition) is 1. The Morgan fingerprint density at radius 3 is 2.75 bits per heavy atom. The first-order valence-corrected chi connectivity index (χ1v) is 12.1. The number of oxazole rings is 1. The minimum atomic E-state index is -0.812. The zero-order valence-corrected chi connectivity index (χ0v) is 20.1. The van der Waals surface area contributed by atoms with Crippen LogP contribution in [0.2, 0.25) is 0 Å². The van der Waals surface area contributed by atoms with E-state index in [0.717, 1.165) is 40.7 Å². The number of aliphatic carboxylic acids is 1. The summed E-state index contributed by atoms with van der Waals surface area (Å²) < 4.78 is 11.9. The molecule has 182 valence electrons. The third kappa shape index (κ3) is 4.68. The van der Waals surface area contributed by atoms with E-state index in [0.29, 0.717) is 42.3 Å². The lowest BCUT2D eigenvalue weighted by molar-refractivity contribution is -0.144. The number of carboxylic acid groups (broad SMARTS) is 1. The quantitative estimate of drug-likeness (QED) is 0.355.